The van der Waals surface area contributed by atoms with Gasteiger partial charge in [-0.3, -0.25) is 18.9 Å². The van der Waals surface area contributed by atoms with Crippen LogP contribution in [0.3, 0.4) is 0 Å². The summed E-state index contributed by atoms with van der Waals surface area (Å²) in [5, 5.41) is -0.113. The fourth-order valence-electron chi connectivity index (χ4n) is 5.81. The van der Waals surface area contributed by atoms with Gasteiger partial charge in [0.2, 0.25) is 5.82 Å². The first kappa shape index (κ1) is 45.8. The maximum atomic E-state index is 14.2. The molecule has 1 aliphatic heterocycles. The van der Waals surface area contributed by atoms with E-state index < -0.39 is 57.7 Å². The molecule has 1 aromatic heterocycles. The second-order valence-corrected chi connectivity index (χ2v) is 20.9. The first-order valence-electron chi connectivity index (χ1n) is 18.2. The lowest BCUT2D eigenvalue weighted by Crippen LogP contribution is -2.46. The van der Waals surface area contributed by atoms with Gasteiger partial charge in [-0.05, 0) is 31.0 Å². The van der Waals surface area contributed by atoms with Crippen LogP contribution in [0.5, 0.6) is 0 Å². The molecule has 0 radical (unpaired) electrons. The Labute approximate surface area is 294 Å². The van der Waals surface area contributed by atoms with Gasteiger partial charge >= 0.3 is 13.5 Å². The number of hydrogen-bond acceptors (Lipinski definition) is 8. The normalized spacial score (nSPS) is 19.2. The van der Waals surface area contributed by atoms with E-state index in [0.717, 1.165) is 30.0 Å². The maximum Gasteiger partial charge on any atom is 0.469 e. The van der Waals surface area contributed by atoms with Crippen LogP contribution in [0.15, 0.2) is 15.8 Å². The molecular formula is C34H67FN3O9PSi. The highest BCUT2D eigenvalue weighted by Crippen LogP contribution is 2.42. The molecule has 0 amide bonds. The number of nitrogens with zero attached hydrogens (tertiary/aromatic N) is 1. The second-order valence-electron chi connectivity index (χ2n) is 14.9. The highest BCUT2D eigenvalue weighted by atomic mass is 31.2. The average molecular weight is 740 g/mol. The van der Waals surface area contributed by atoms with E-state index in [1.54, 1.807) is 0 Å². The molecule has 15 heteroatoms. The largest absolute Gasteiger partial charge is 0.469 e. The van der Waals surface area contributed by atoms with Crippen LogP contribution >= 0.6 is 7.82 Å². The molecule has 1 fully saturated rings. The van der Waals surface area contributed by atoms with Crippen molar-refractivity contribution in [1.82, 2.24) is 15.7 Å². The molecule has 2 rings (SSSR count). The van der Waals surface area contributed by atoms with Crippen molar-refractivity contribution in [3.05, 3.63) is 32.9 Å². The van der Waals surface area contributed by atoms with Crippen molar-refractivity contribution in [1.29, 1.82) is 0 Å². The van der Waals surface area contributed by atoms with E-state index in [-0.39, 0.29) is 30.6 Å². The minimum absolute atomic E-state index is 0. The molecule has 0 saturated carbocycles. The number of unbranched alkanes of at least 4 members (excludes halogenated alkanes) is 13. The van der Waals surface area contributed by atoms with E-state index in [9.17, 15) is 28.3 Å². The van der Waals surface area contributed by atoms with Gasteiger partial charge in [0, 0.05) is 19.4 Å². The lowest BCUT2D eigenvalue weighted by atomic mass is 10.0. The van der Waals surface area contributed by atoms with Gasteiger partial charge in [-0.1, -0.05) is 111 Å². The fraction of sp³-hybridized carbons (Fsp3) is 0.882. The molecule has 1 saturated heterocycles. The summed E-state index contributed by atoms with van der Waals surface area (Å²) in [6, 6.07) is 0. The van der Waals surface area contributed by atoms with E-state index in [1.165, 1.54) is 70.6 Å². The van der Waals surface area contributed by atoms with E-state index in [2.05, 4.69) is 40.8 Å². The van der Waals surface area contributed by atoms with Crippen LogP contribution in [0.1, 0.15) is 143 Å². The van der Waals surface area contributed by atoms with E-state index >= 15 is 0 Å². The van der Waals surface area contributed by atoms with Crippen molar-refractivity contribution < 1.29 is 37.2 Å². The van der Waals surface area contributed by atoms with E-state index in [1.807, 2.05) is 4.98 Å². The third kappa shape index (κ3) is 17.7. The zero-order valence-corrected chi connectivity index (χ0v) is 32.9. The van der Waals surface area contributed by atoms with Gasteiger partial charge in [0.25, 0.3) is 5.56 Å². The van der Waals surface area contributed by atoms with Crippen LogP contribution in [-0.4, -0.2) is 59.2 Å². The van der Waals surface area contributed by atoms with E-state index in [0.29, 0.717) is 13.0 Å². The summed E-state index contributed by atoms with van der Waals surface area (Å²) in [7, 11) is -6.96. The third-order valence-corrected chi connectivity index (χ3v) is 14.7. The van der Waals surface area contributed by atoms with Crippen LogP contribution < -0.4 is 17.4 Å². The van der Waals surface area contributed by atoms with Crippen molar-refractivity contribution in [2.75, 3.05) is 13.2 Å². The molecule has 49 heavy (non-hydrogen) atoms. The van der Waals surface area contributed by atoms with Crippen molar-refractivity contribution >= 4 is 16.1 Å². The summed E-state index contributed by atoms with van der Waals surface area (Å²) < 4.78 is 50.6. The molecular weight excluding hydrogens is 672 g/mol. The van der Waals surface area contributed by atoms with Crippen molar-refractivity contribution in [3.8, 4) is 0 Å². The molecule has 288 valence electrons. The lowest BCUT2D eigenvalue weighted by Gasteiger charge is -2.39. The number of halogens is 1. The number of nitrogens with one attached hydrogen (secondary N) is 1. The summed E-state index contributed by atoms with van der Waals surface area (Å²) in [5.41, 5.74) is -1.87. The van der Waals surface area contributed by atoms with E-state index in [4.69, 9.17) is 18.4 Å². The molecule has 0 aromatic carbocycles. The summed E-state index contributed by atoms with van der Waals surface area (Å²) in [6.07, 6.45) is 16.8. The Morgan fingerprint density at radius 3 is 2.02 bits per heavy atom. The Morgan fingerprint density at radius 1 is 0.980 bits per heavy atom. The minimum atomic E-state index is -4.65. The molecule has 12 nitrogen and oxygen atoms in total. The number of rotatable bonds is 25. The van der Waals surface area contributed by atoms with Crippen LogP contribution in [0.4, 0.5) is 4.39 Å². The molecule has 0 bridgehead atoms. The van der Waals surface area contributed by atoms with Crippen LogP contribution in [0.25, 0.3) is 0 Å². The number of hydrogen-bond donors (Lipinski definition) is 4. The SMILES string of the molecule is CCCCCCCCCCCCCCCCOC(CCOP(=O)(O)O)CC1OC(n2cc(F)c(=O)[nH]c2=O)CC1O[Si](C)(C)C(C)(C)C.N. The van der Waals surface area contributed by atoms with Gasteiger partial charge in [-0.25, -0.2) is 9.36 Å². The maximum absolute atomic E-state index is 14.2. The van der Waals surface area contributed by atoms with Gasteiger partial charge in [-0.2, -0.15) is 4.39 Å². The molecule has 6 N–H and O–H groups in total. The monoisotopic (exact) mass is 739 g/mol. The van der Waals surface area contributed by atoms with Crippen molar-refractivity contribution in [3.63, 3.8) is 0 Å². The molecule has 0 spiro atoms. The predicted octanol–water partition coefficient (Wildman–Crippen LogP) is 8.27. The summed E-state index contributed by atoms with van der Waals surface area (Å²) in [5.74, 6) is -1.09. The topological polar surface area (TPSA) is 184 Å². The highest BCUT2D eigenvalue weighted by molar-refractivity contribution is 7.46. The number of aromatic nitrogens is 2. The Hall–Kier alpha value is -1.22. The van der Waals surface area contributed by atoms with Crippen LogP contribution in [0, 0.1) is 5.82 Å². The Morgan fingerprint density at radius 2 is 1.51 bits per heavy atom. The smallest absolute Gasteiger partial charge is 0.411 e. The number of aromatic amines is 1. The van der Waals surface area contributed by atoms with Gasteiger partial charge < -0.3 is 29.8 Å². The molecule has 1 aliphatic rings. The van der Waals surface area contributed by atoms with Gasteiger partial charge in [0.15, 0.2) is 8.32 Å². The number of phosphoric acid groups is 1. The quantitative estimate of drug-likeness (QED) is 0.0432. The summed E-state index contributed by atoms with van der Waals surface area (Å²) >= 11 is 0. The Kier molecular flexibility index (Phi) is 21.2. The van der Waals surface area contributed by atoms with Gasteiger partial charge in [0.05, 0.1) is 31.1 Å². The minimum Gasteiger partial charge on any atom is -0.411 e. The van der Waals surface area contributed by atoms with Gasteiger partial charge in [-0.15, -0.1) is 0 Å². The first-order chi connectivity index (χ1) is 22.5. The molecule has 1 aromatic rings. The Bertz CT molecular complexity index is 1220. The average Bonchev–Trinajstić information content (AvgIpc) is 3.36. The van der Waals surface area contributed by atoms with Crippen LogP contribution in [-0.2, 0) is 23.0 Å². The molecule has 2 heterocycles. The highest BCUT2D eigenvalue weighted by Gasteiger charge is 2.46. The standard InChI is InChI=1S/C34H64FN2O9PSi.H3N/c1-7-8-9-10-11-12-13-14-15-16-17-18-19-20-22-43-27(21-23-44-47(40,41)42)24-29-30(46-48(5,6)34(2,3)4)25-31(45-29)37-26-28(35)32(38)36-33(37)39;/h26-27,29-31H,7-25H2,1-6H3,(H,36,38,39)(H2,40,41,42);1H3. The zero-order chi connectivity index (χ0) is 35.8. The van der Waals surface area contributed by atoms with Crippen molar-refractivity contribution in [2.45, 2.75) is 180 Å². The van der Waals surface area contributed by atoms with Crippen molar-refractivity contribution in [2.24, 2.45) is 0 Å². The molecule has 0 aliphatic carbocycles. The van der Waals surface area contributed by atoms with Crippen LogP contribution in [0.2, 0.25) is 18.1 Å². The molecule has 4 unspecified atom stereocenters. The number of H-pyrrole nitrogens is 1. The first-order valence-corrected chi connectivity index (χ1v) is 22.6. The fourth-order valence-corrected chi connectivity index (χ4v) is 7.52. The third-order valence-electron chi connectivity index (χ3n) is 9.71. The number of phosphoric ester groups is 1. The number of ether oxygens (including phenoxy) is 2. The summed E-state index contributed by atoms with van der Waals surface area (Å²) in [6.45, 7) is 13.1. The predicted molar refractivity (Wildman–Crippen MR) is 194 cm³/mol. The second kappa shape index (κ2) is 22.7. The Balaban J connectivity index is 0.0000120. The lowest BCUT2D eigenvalue weighted by molar-refractivity contribution is -0.0601. The molecule has 4 atom stereocenters. The zero-order valence-electron chi connectivity index (χ0n) is 31.1. The summed E-state index contributed by atoms with van der Waals surface area (Å²) in [4.78, 5) is 44.7. The van der Waals surface area contributed by atoms with Gasteiger partial charge in [0.1, 0.15) is 6.23 Å².